The molecule has 7 nitrogen and oxygen atoms in total. The predicted molar refractivity (Wildman–Crippen MR) is 135 cm³/mol. The lowest BCUT2D eigenvalue weighted by Crippen LogP contribution is -2.64. The van der Waals surface area contributed by atoms with E-state index in [1.807, 2.05) is 0 Å². The van der Waals surface area contributed by atoms with Crippen LogP contribution in [0.1, 0.15) is 91.4 Å². The zero-order chi connectivity index (χ0) is 26.0. The highest BCUT2D eigenvalue weighted by Crippen LogP contribution is 2.68. The van der Waals surface area contributed by atoms with Gasteiger partial charge in [-0.1, -0.05) is 20.8 Å². The molecular weight excluding hydrogens is 458 g/mol. The third kappa shape index (κ3) is 4.03. The highest BCUT2D eigenvalue weighted by atomic mass is 16.4. The minimum absolute atomic E-state index is 0.0283. The summed E-state index contributed by atoms with van der Waals surface area (Å²) in [4.78, 5) is 26.0. The number of nitrogens with zero attached hydrogens (tertiary/aromatic N) is 1. The van der Waals surface area contributed by atoms with Crippen molar-refractivity contribution >= 4 is 11.9 Å². The van der Waals surface area contributed by atoms with Gasteiger partial charge in [-0.15, -0.1) is 0 Å². The van der Waals surface area contributed by atoms with Gasteiger partial charge >= 0.3 is 5.97 Å². The first-order valence-corrected chi connectivity index (χ1v) is 14.6. The van der Waals surface area contributed by atoms with Crippen LogP contribution in [0.15, 0.2) is 0 Å². The van der Waals surface area contributed by atoms with E-state index >= 15 is 0 Å². The number of likely N-dealkylation sites (tertiary alicyclic amines) is 1. The summed E-state index contributed by atoms with van der Waals surface area (Å²) in [7, 11) is 0. The molecule has 0 radical (unpaired) electrons. The van der Waals surface area contributed by atoms with Crippen molar-refractivity contribution in [3.63, 3.8) is 0 Å². The quantitative estimate of drug-likeness (QED) is 0.455. The first-order chi connectivity index (χ1) is 17.0. The van der Waals surface area contributed by atoms with Gasteiger partial charge in [0.2, 0.25) is 5.91 Å². The molecule has 5 fully saturated rings. The van der Waals surface area contributed by atoms with E-state index in [4.69, 9.17) is 0 Å². The number of carbonyl (C=O) groups is 2. The van der Waals surface area contributed by atoms with Crippen molar-refractivity contribution in [2.75, 3.05) is 6.54 Å². The number of aliphatic hydroxyl groups is 3. The summed E-state index contributed by atoms with van der Waals surface area (Å²) in [6.45, 7) is 7.50. The Balaban J connectivity index is 1.28. The maximum atomic E-state index is 12.9. The Morgan fingerprint density at radius 1 is 0.917 bits per heavy atom. The van der Waals surface area contributed by atoms with Gasteiger partial charge in [0.15, 0.2) is 0 Å². The number of carbonyl (C=O) groups excluding carboxylic acids is 1. The molecule has 0 aromatic rings. The Morgan fingerprint density at radius 3 is 2.33 bits per heavy atom. The van der Waals surface area contributed by atoms with Crippen LogP contribution in [0.3, 0.4) is 0 Å². The van der Waals surface area contributed by atoms with Crippen molar-refractivity contribution in [2.24, 2.45) is 46.3 Å². The summed E-state index contributed by atoms with van der Waals surface area (Å²) < 4.78 is 0. The summed E-state index contributed by atoms with van der Waals surface area (Å²) in [6.07, 6.45) is 7.21. The van der Waals surface area contributed by atoms with Crippen molar-refractivity contribution in [1.29, 1.82) is 0 Å². The summed E-state index contributed by atoms with van der Waals surface area (Å²) in [6, 6.07) is -0.665. The summed E-state index contributed by atoms with van der Waals surface area (Å²) in [5.74, 6) is 0.694. The molecule has 204 valence electrons. The van der Waals surface area contributed by atoms with E-state index in [0.29, 0.717) is 49.5 Å². The molecule has 5 rings (SSSR count). The lowest BCUT2D eigenvalue weighted by Gasteiger charge is -2.63. The minimum Gasteiger partial charge on any atom is -0.480 e. The largest absolute Gasteiger partial charge is 0.480 e. The van der Waals surface area contributed by atoms with Gasteiger partial charge in [0.25, 0.3) is 0 Å². The Kier molecular flexibility index (Phi) is 7.00. The van der Waals surface area contributed by atoms with E-state index in [1.54, 1.807) is 4.90 Å². The monoisotopic (exact) mass is 505 g/mol. The lowest BCUT2D eigenvalue weighted by molar-refractivity contribution is -0.223. The first-order valence-electron chi connectivity index (χ1n) is 14.6. The van der Waals surface area contributed by atoms with E-state index < -0.39 is 24.2 Å². The number of carboxylic acid groups (broad SMARTS) is 1. The second kappa shape index (κ2) is 9.53. The van der Waals surface area contributed by atoms with Crippen molar-refractivity contribution in [2.45, 2.75) is 116 Å². The second-order valence-electron chi connectivity index (χ2n) is 13.6. The van der Waals surface area contributed by atoms with Crippen LogP contribution in [-0.4, -0.2) is 68.1 Å². The molecule has 1 heterocycles. The molecule has 36 heavy (non-hydrogen) atoms. The van der Waals surface area contributed by atoms with E-state index in [2.05, 4.69) is 20.8 Å². The Bertz CT molecular complexity index is 865. The molecule has 7 heteroatoms. The number of aliphatic carboxylic acids is 1. The molecule has 1 aliphatic heterocycles. The molecule has 0 aromatic heterocycles. The van der Waals surface area contributed by atoms with Gasteiger partial charge in [-0.3, -0.25) is 4.79 Å². The number of carboxylic acids is 1. The third-order valence-corrected chi connectivity index (χ3v) is 12.2. The maximum Gasteiger partial charge on any atom is 0.326 e. The van der Waals surface area contributed by atoms with Gasteiger partial charge in [0.1, 0.15) is 6.04 Å². The van der Waals surface area contributed by atoms with Gasteiger partial charge in [-0.25, -0.2) is 4.79 Å². The highest BCUT2D eigenvalue weighted by molar-refractivity contribution is 5.84. The van der Waals surface area contributed by atoms with Crippen LogP contribution in [0.2, 0.25) is 0 Å². The lowest BCUT2D eigenvalue weighted by atomic mass is 9.43. The topological polar surface area (TPSA) is 118 Å². The van der Waals surface area contributed by atoms with Crippen molar-refractivity contribution < 1.29 is 30.0 Å². The van der Waals surface area contributed by atoms with Gasteiger partial charge < -0.3 is 25.3 Å². The van der Waals surface area contributed by atoms with E-state index in [9.17, 15) is 30.0 Å². The van der Waals surface area contributed by atoms with E-state index in [-0.39, 0.29) is 34.7 Å². The third-order valence-electron chi connectivity index (χ3n) is 12.2. The molecule has 0 spiro atoms. The molecule has 1 amide bonds. The summed E-state index contributed by atoms with van der Waals surface area (Å²) in [5, 5.41) is 42.4. The normalized spacial score (nSPS) is 49.2. The molecule has 4 saturated carbocycles. The predicted octanol–water partition coefficient (Wildman–Crippen LogP) is 3.44. The van der Waals surface area contributed by atoms with Crippen molar-refractivity contribution in [3.05, 3.63) is 0 Å². The number of hydrogen-bond donors (Lipinski definition) is 4. The minimum atomic E-state index is -0.895. The van der Waals surface area contributed by atoms with Crippen molar-refractivity contribution in [1.82, 2.24) is 4.90 Å². The molecule has 0 bridgehead atoms. The Hall–Kier alpha value is -1.18. The standard InChI is InChI=1S/C29H47NO6/c1-16(6-9-23(32)30-14-4-5-22(30)27(35)36)18-7-8-19-24-20(11-13-28(18,19)2)29(3)12-10-17(31)15-21(29)25(33)26(24)34/h16-22,24-26,31,33-34H,4-15H2,1-3H3,(H,35,36)/t16-,17-,18-,19+,20+,21+,22-,24+,25-,26+,28-,29-/m1/s1. The highest BCUT2D eigenvalue weighted by Gasteiger charge is 2.65. The molecule has 4 N–H and O–H groups in total. The molecule has 12 atom stereocenters. The van der Waals surface area contributed by atoms with Crippen LogP contribution >= 0.6 is 0 Å². The van der Waals surface area contributed by atoms with Crippen molar-refractivity contribution in [3.8, 4) is 0 Å². The number of rotatable bonds is 5. The van der Waals surface area contributed by atoms with Gasteiger partial charge in [0, 0.05) is 13.0 Å². The number of fused-ring (bicyclic) bond motifs is 5. The molecule has 0 unspecified atom stereocenters. The van der Waals surface area contributed by atoms with Gasteiger partial charge in [-0.05, 0) is 111 Å². The second-order valence-corrected chi connectivity index (χ2v) is 13.6. The molecule has 1 saturated heterocycles. The number of aliphatic hydroxyl groups excluding tert-OH is 3. The molecule has 5 aliphatic rings. The maximum absolute atomic E-state index is 12.9. The first kappa shape index (κ1) is 26.4. The fraction of sp³-hybridized carbons (Fsp3) is 0.931. The van der Waals surface area contributed by atoms with Crippen LogP contribution < -0.4 is 0 Å². The zero-order valence-corrected chi connectivity index (χ0v) is 22.3. The smallest absolute Gasteiger partial charge is 0.326 e. The fourth-order valence-electron chi connectivity index (χ4n) is 10.2. The van der Waals surface area contributed by atoms with Crippen LogP contribution in [0.4, 0.5) is 0 Å². The number of amides is 1. The number of hydrogen-bond acceptors (Lipinski definition) is 5. The average molecular weight is 506 g/mol. The van der Waals surface area contributed by atoms with E-state index in [0.717, 1.165) is 51.4 Å². The van der Waals surface area contributed by atoms with Crippen LogP contribution in [0, 0.1) is 46.3 Å². The van der Waals surface area contributed by atoms with Crippen LogP contribution in [0.25, 0.3) is 0 Å². The van der Waals surface area contributed by atoms with Gasteiger partial charge in [0.05, 0.1) is 18.3 Å². The molecular formula is C29H47NO6. The Labute approximate surface area is 215 Å². The SMILES string of the molecule is C[C@H](CCC(=O)N1CCC[C@@H]1C(=O)O)[C@H]1CC[C@H]2[C@@H]3[C@H](O)[C@H](O)[C@@H]4C[C@H](O)CC[C@]4(C)[C@H]3CC[C@]12C. The summed E-state index contributed by atoms with van der Waals surface area (Å²) >= 11 is 0. The Morgan fingerprint density at radius 2 is 1.61 bits per heavy atom. The van der Waals surface area contributed by atoms with Crippen LogP contribution in [0.5, 0.6) is 0 Å². The molecule has 4 aliphatic carbocycles. The van der Waals surface area contributed by atoms with E-state index in [1.165, 1.54) is 0 Å². The fourth-order valence-corrected chi connectivity index (χ4v) is 10.2. The summed E-state index contributed by atoms with van der Waals surface area (Å²) in [5.41, 5.74) is 0.0509. The zero-order valence-electron chi connectivity index (χ0n) is 22.3. The molecule has 0 aromatic carbocycles. The average Bonchev–Trinajstić information content (AvgIpc) is 3.46. The van der Waals surface area contributed by atoms with Crippen LogP contribution in [-0.2, 0) is 9.59 Å². The van der Waals surface area contributed by atoms with Gasteiger partial charge in [-0.2, -0.15) is 0 Å².